The number of fused-ring (bicyclic) bond motifs is 1. The van der Waals surface area contributed by atoms with Crippen molar-refractivity contribution in [1.29, 1.82) is 0 Å². The van der Waals surface area contributed by atoms with Gasteiger partial charge in [0.05, 0.1) is 30.9 Å². The van der Waals surface area contributed by atoms with Gasteiger partial charge >= 0.3 is 5.97 Å². The van der Waals surface area contributed by atoms with Gasteiger partial charge in [-0.05, 0) is 43.7 Å². The Balaban J connectivity index is 2.10. The highest BCUT2D eigenvalue weighted by atomic mass is 16.5. The Labute approximate surface area is 162 Å². The molecule has 6 nitrogen and oxygen atoms in total. The highest BCUT2D eigenvalue weighted by molar-refractivity contribution is 5.78. The smallest absolute Gasteiger partial charge is 0.306 e. The Bertz CT molecular complexity index is 1030. The van der Waals surface area contributed by atoms with Crippen LogP contribution in [0.3, 0.4) is 0 Å². The van der Waals surface area contributed by atoms with Crippen molar-refractivity contribution in [1.82, 2.24) is 0 Å². The summed E-state index contributed by atoms with van der Waals surface area (Å²) in [4.78, 5) is 24.6. The number of hydrogen-bond acceptors (Lipinski definition) is 6. The second kappa shape index (κ2) is 8.17. The number of ether oxygens (including phenoxy) is 2. The molecule has 0 aliphatic heterocycles. The molecule has 0 radical (unpaired) electrons. The monoisotopic (exact) mass is 382 g/mol. The molecule has 0 saturated carbocycles. The van der Waals surface area contributed by atoms with Crippen LogP contribution in [-0.4, -0.2) is 24.3 Å². The fraction of sp³-hybridized carbons (Fsp3) is 0.273. The molecule has 28 heavy (non-hydrogen) atoms. The summed E-state index contributed by atoms with van der Waals surface area (Å²) >= 11 is 0. The molecular weight excluding hydrogens is 360 g/mol. The first-order chi connectivity index (χ1) is 13.4. The zero-order valence-corrected chi connectivity index (χ0v) is 16.0. The molecule has 3 aromatic rings. The van der Waals surface area contributed by atoms with Crippen molar-refractivity contribution in [3.05, 3.63) is 70.1 Å². The minimum absolute atomic E-state index is 0.0271. The predicted octanol–water partition coefficient (Wildman–Crippen LogP) is 3.98. The van der Waals surface area contributed by atoms with E-state index in [2.05, 4.69) is 0 Å². The molecule has 1 atom stereocenters. The minimum Gasteiger partial charge on any atom is -0.502 e. The van der Waals surface area contributed by atoms with Gasteiger partial charge in [-0.3, -0.25) is 9.59 Å². The van der Waals surface area contributed by atoms with Crippen molar-refractivity contribution in [2.24, 2.45) is 0 Å². The van der Waals surface area contributed by atoms with Crippen molar-refractivity contribution < 1.29 is 23.8 Å². The maximum absolute atomic E-state index is 12.6. The molecule has 0 saturated heterocycles. The van der Waals surface area contributed by atoms with Gasteiger partial charge in [0.2, 0.25) is 11.2 Å². The van der Waals surface area contributed by atoms with Gasteiger partial charge < -0.3 is 19.0 Å². The highest BCUT2D eigenvalue weighted by Gasteiger charge is 2.27. The molecule has 2 aromatic carbocycles. The maximum atomic E-state index is 12.6. The summed E-state index contributed by atoms with van der Waals surface area (Å²) in [5.74, 6) is -0.956. The molecular formula is C22H22O6. The van der Waals surface area contributed by atoms with Gasteiger partial charge in [-0.2, -0.15) is 0 Å². The molecule has 0 fully saturated rings. The molecule has 1 aromatic heterocycles. The zero-order chi connectivity index (χ0) is 20.3. The van der Waals surface area contributed by atoms with Crippen LogP contribution in [0, 0.1) is 0 Å². The molecule has 0 aliphatic rings. The summed E-state index contributed by atoms with van der Waals surface area (Å²) in [7, 11) is 1.29. The van der Waals surface area contributed by atoms with Crippen molar-refractivity contribution in [3.63, 3.8) is 0 Å². The van der Waals surface area contributed by atoms with Crippen molar-refractivity contribution >= 4 is 16.9 Å². The first-order valence-corrected chi connectivity index (χ1v) is 8.98. The van der Waals surface area contributed by atoms with Crippen molar-refractivity contribution in [2.45, 2.75) is 32.3 Å². The van der Waals surface area contributed by atoms with Gasteiger partial charge in [-0.25, -0.2) is 0 Å². The lowest BCUT2D eigenvalue weighted by molar-refractivity contribution is -0.140. The fourth-order valence-corrected chi connectivity index (χ4v) is 3.05. The van der Waals surface area contributed by atoms with Crippen LogP contribution in [0.2, 0.25) is 0 Å². The Morgan fingerprint density at radius 1 is 1.11 bits per heavy atom. The SMILES string of the molecule is COC(=O)CC(c1ccc(OC(C)C)cc1)c1oc2ccccc2c(=O)c1O. The number of para-hydroxylation sites is 1. The third-order valence-corrected chi connectivity index (χ3v) is 4.37. The van der Waals surface area contributed by atoms with Crippen LogP contribution < -0.4 is 10.2 Å². The quantitative estimate of drug-likeness (QED) is 0.649. The van der Waals surface area contributed by atoms with E-state index in [0.29, 0.717) is 16.9 Å². The Kier molecular flexibility index (Phi) is 5.68. The topological polar surface area (TPSA) is 86.0 Å². The van der Waals surface area contributed by atoms with Crippen LogP contribution >= 0.6 is 0 Å². The highest BCUT2D eigenvalue weighted by Crippen LogP contribution is 2.35. The third kappa shape index (κ3) is 4.01. The molecule has 0 bridgehead atoms. The molecule has 1 N–H and O–H groups in total. The number of aromatic hydroxyl groups is 1. The van der Waals surface area contributed by atoms with E-state index >= 15 is 0 Å². The molecule has 3 rings (SSSR count). The number of esters is 1. The number of carbonyl (C=O) groups is 1. The van der Waals surface area contributed by atoms with Gasteiger partial charge in [0.15, 0.2) is 5.76 Å². The number of rotatable bonds is 6. The average Bonchev–Trinajstić information content (AvgIpc) is 2.69. The summed E-state index contributed by atoms with van der Waals surface area (Å²) < 4.78 is 16.3. The van der Waals surface area contributed by atoms with E-state index in [4.69, 9.17) is 13.9 Å². The molecule has 1 heterocycles. The zero-order valence-electron chi connectivity index (χ0n) is 16.0. The van der Waals surface area contributed by atoms with Gasteiger partial charge in [0, 0.05) is 0 Å². The summed E-state index contributed by atoms with van der Waals surface area (Å²) in [6, 6.07) is 13.8. The summed E-state index contributed by atoms with van der Waals surface area (Å²) in [6.07, 6.45) is -0.0605. The van der Waals surface area contributed by atoms with E-state index in [1.54, 1.807) is 48.5 Å². The third-order valence-electron chi connectivity index (χ3n) is 4.37. The molecule has 1 unspecified atom stereocenters. The van der Waals surface area contributed by atoms with E-state index in [1.807, 2.05) is 13.8 Å². The molecule has 0 aliphatic carbocycles. The Morgan fingerprint density at radius 3 is 2.43 bits per heavy atom. The van der Waals surface area contributed by atoms with Crippen LogP contribution in [0.25, 0.3) is 11.0 Å². The van der Waals surface area contributed by atoms with Crippen LogP contribution in [0.1, 0.15) is 37.5 Å². The van der Waals surface area contributed by atoms with Crippen molar-refractivity contribution in [3.8, 4) is 11.5 Å². The van der Waals surface area contributed by atoms with E-state index in [0.717, 1.165) is 0 Å². The van der Waals surface area contributed by atoms with Crippen LogP contribution in [0.4, 0.5) is 0 Å². The summed E-state index contributed by atoms with van der Waals surface area (Å²) in [5.41, 5.74) is 0.497. The van der Waals surface area contributed by atoms with E-state index in [-0.39, 0.29) is 23.7 Å². The fourth-order valence-electron chi connectivity index (χ4n) is 3.05. The number of methoxy groups -OCH3 is 1. The molecule has 0 amide bonds. The van der Waals surface area contributed by atoms with Gasteiger partial charge in [-0.1, -0.05) is 24.3 Å². The minimum atomic E-state index is -0.683. The lowest BCUT2D eigenvalue weighted by Gasteiger charge is -2.18. The Hall–Kier alpha value is -3.28. The van der Waals surface area contributed by atoms with Gasteiger partial charge in [-0.15, -0.1) is 0 Å². The Morgan fingerprint density at radius 2 is 1.79 bits per heavy atom. The lowest BCUT2D eigenvalue weighted by Crippen LogP contribution is -2.14. The number of benzene rings is 2. The molecule has 146 valence electrons. The standard InChI is InChI=1S/C22H22O6/c1-13(2)27-15-10-8-14(9-11-15)17(12-19(23)26-3)22-21(25)20(24)16-6-4-5-7-18(16)28-22/h4-11,13,17,25H,12H2,1-3H3. The van der Waals surface area contributed by atoms with Crippen LogP contribution in [0.15, 0.2) is 57.7 Å². The second-order valence-corrected chi connectivity index (χ2v) is 6.71. The maximum Gasteiger partial charge on any atom is 0.306 e. The van der Waals surface area contributed by atoms with E-state index < -0.39 is 23.1 Å². The van der Waals surface area contributed by atoms with Crippen LogP contribution in [0.5, 0.6) is 11.5 Å². The second-order valence-electron chi connectivity index (χ2n) is 6.71. The largest absolute Gasteiger partial charge is 0.502 e. The van der Waals surface area contributed by atoms with Gasteiger partial charge in [0.1, 0.15) is 11.3 Å². The number of hydrogen-bond donors (Lipinski definition) is 1. The first kappa shape index (κ1) is 19.5. The lowest BCUT2D eigenvalue weighted by atomic mass is 9.92. The summed E-state index contributed by atoms with van der Waals surface area (Å²) in [5, 5.41) is 10.8. The average molecular weight is 382 g/mol. The normalized spacial score (nSPS) is 12.1. The van der Waals surface area contributed by atoms with E-state index in [1.165, 1.54) is 7.11 Å². The first-order valence-electron chi connectivity index (χ1n) is 8.98. The predicted molar refractivity (Wildman–Crippen MR) is 105 cm³/mol. The molecule has 6 heteroatoms. The summed E-state index contributed by atoms with van der Waals surface area (Å²) in [6.45, 7) is 3.85. The van der Waals surface area contributed by atoms with Crippen molar-refractivity contribution in [2.75, 3.05) is 7.11 Å². The number of carbonyl (C=O) groups excluding carboxylic acids is 1. The van der Waals surface area contributed by atoms with E-state index in [9.17, 15) is 14.7 Å². The van der Waals surface area contributed by atoms with Crippen LogP contribution in [-0.2, 0) is 9.53 Å². The molecule has 0 spiro atoms. The van der Waals surface area contributed by atoms with Gasteiger partial charge in [0.25, 0.3) is 0 Å².